The summed E-state index contributed by atoms with van der Waals surface area (Å²) in [6.07, 6.45) is 0. The van der Waals surface area contributed by atoms with Gasteiger partial charge in [-0.15, -0.1) is 22.7 Å². The van der Waals surface area contributed by atoms with Crippen LogP contribution in [0.5, 0.6) is 0 Å². The molecule has 2 heterocycles. The molecule has 4 aromatic carbocycles. The molecule has 0 saturated heterocycles. The summed E-state index contributed by atoms with van der Waals surface area (Å²) < 4.78 is 0. The third-order valence-corrected chi connectivity index (χ3v) is 10.1. The summed E-state index contributed by atoms with van der Waals surface area (Å²) in [4.78, 5) is 5.67. The molecule has 8 rings (SSSR count). The Morgan fingerprint density at radius 1 is 0.441 bits per heavy atom. The van der Waals surface area contributed by atoms with Crippen molar-refractivity contribution in [3.05, 3.63) is 95.4 Å². The van der Waals surface area contributed by atoms with E-state index in [-0.39, 0.29) is 0 Å². The number of hydrogen-bond donors (Lipinski definition) is 0. The molecule has 0 bridgehead atoms. The van der Waals surface area contributed by atoms with E-state index in [1.807, 2.05) is 22.7 Å². The predicted octanol–water partition coefficient (Wildman–Crippen LogP) is 10.2. The van der Waals surface area contributed by atoms with E-state index in [0.29, 0.717) is 0 Å². The van der Waals surface area contributed by atoms with Crippen LogP contribution in [0.4, 0.5) is 0 Å². The summed E-state index contributed by atoms with van der Waals surface area (Å²) in [5.41, 5.74) is 13.9. The number of hydrogen-bond acceptors (Lipinski definition) is 2. The number of fused-ring (bicyclic) bond motifs is 6. The van der Waals surface area contributed by atoms with Crippen LogP contribution < -0.4 is 0 Å². The molecule has 2 aliphatic rings. The summed E-state index contributed by atoms with van der Waals surface area (Å²) in [7, 11) is 0. The number of benzene rings is 4. The van der Waals surface area contributed by atoms with E-state index in [0.717, 1.165) is 0 Å². The van der Waals surface area contributed by atoms with Crippen molar-refractivity contribution in [2.75, 3.05) is 0 Å². The van der Waals surface area contributed by atoms with Crippen molar-refractivity contribution in [3.63, 3.8) is 0 Å². The van der Waals surface area contributed by atoms with E-state index < -0.39 is 0 Å². The maximum Gasteiger partial charge on any atom is 0.0440 e. The van der Waals surface area contributed by atoms with Gasteiger partial charge in [-0.25, -0.2) is 0 Å². The van der Waals surface area contributed by atoms with Crippen LogP contribution in [0.25, 0.3) is 75.5 Å². The second kappa shape index (κ2) is 6.56. The lowest BCUT2D eigenvalue weighted by Crippen LogP contribution is -1.84. The molecule has 2 aromatic heterocycles. The maximum atomic E-state index is 2.39. The molecule has 2 heteroatoms. The van der Waals surface area contributed by atoms with Crippen molar-refractivity contribution in [1.82, 2.24) is 0 Å². The van der Waals surface area contributed by atoms with E-state index in [4.69, 9.17) is 0 Å². The highest BCUT2D eigenvalue weighted by atomic mass is 32.1. The van der Waals surface area contributed by atoms with Gasteiger partial charge in [-0.05, 0) is 52.4 Å². The minimum Gasteiger partial charge on any atom is -0.140 e. The highest BCUT2D eigenvalue weighted by Gasteiger charge is 2.35. The second-order valence-corrected chi connectivity index (χ2v) is 11.5. The fraction of sp³-hybridized carbons (Fsp3) is 0.0625. The highest BCUT2D eigenvalue weighted by molar-refractivity contribution is 7.20. The molecule has 160 valence electrons. The van der Waals surface area contributed by atoms with E-state index in [1.165, 1.54) is 85.9 Å². The van der Waals surface area contributed by atoms with E-state index in [2.05, 4.69) is 98.8 Å². The Hall–Kier alpha value is -3.46. The predicted molar refractivity (Wildman–Crippen MR) is 149 cm³/mol. The number of thiophene rings is 2. The number of rotatable bonds is 2. The van der Waals surface area contributed by atoms with Crippen molar-refractivity contribution in [3.8, 4) is 64.7 Å². The second-order valence-electron chi connectivity index (χ2n) is 9.30. The van der Waals surface area contributed by atoms with Crippen molar-refractivity contribution >= 4 is 33.4 Å². The molecule has 0 nitrogen and oxygen atoms in total. The summed E-state index contributed by atoms with van der Waals surface area (Å²) in [6.45, 7) is 4.54. The van der Waals surface area contributed by atoms with Gasteiger partial charge in [0.1, 0.15) is 0 Å². The zero-order valence-corrected chi connectivity index (χ0v) is 20.5. The molecule has 0 spiro atoms. The first-order valence-electron chi connectivity index (χ1n) is 11.7. The Morgan fingerprint density at radius 2 is 0.971 bits per heavy atom. The van der Waals surface area contributed by atoms with Crippen LogP contribution in [-0.2, 0) is 0 Å². The van der Waals surface area contributed by atoms with E-state index in [1.54, 1.807) is 0 Å². The lowest BCUT2D eigenvalue weighted by atomic mass is 9.93. The third kappa shape index (κ3) is 2.23. The van der Waals surface area contributed by atoms with Gasteiger partial charge in [0, 0.05) is 47.3 Å². The van der Waals surface area contributed by atoms with Crippen LogP contribution in [0.2, 0.25) is 0 Å². The smallest absolute Gasteiger partial charge is 0.0440 e. The van der Waals surface area contributed by atoms with Crippen LogP contribution in [0.3, 0.4) is 0 Å². The summed E-state index contributed by atoms with van der Waals surface area (Å²) >= 11 is 3.91. The first-order chi connectivity index (χ1) is 16.7. The Labute approximate surface area is 206 Å². The molecular formula is C32H20S2. The Balaban J connectivity index is 1.48. The van der Waals surface area contributed by atoms with Crippen LogP contribution in [0.15, 0.2) is 84.9 Å². The molecule has 0 atom stereocenters. The SMILES string of the molecule is Cc1sc2c(c1C)-c1ccc3c4c(ccc-2c14)-c1c-3sc(-c2ccccc2)c1-c1ccccc1. The standard InChI is InChI=1S/C32H20S2/c1-17-18(2)33-31-23-16-14-22-28-24(15-13-21(25(17)31)27(23)28)32-29(22)26(19-9-5-3-6-10-19)30(34-32)20-11-7-4-8-12-20/h3-16H,1-2H3. The van der Waals surface area contributed by atoms with Gasteiger partial charge in [0.2, 0.25) is 0 Å². The molecule has 0 amide bonds. The molecular weight excluding hydrogens is 448 g/mol. The average molecular weight is 469 g/mol. The summed E-state index contributed by atoms with van der Waals surface area (Å²) in [6, 6.07) is 31.4. The zero-order chi connectivity index (χ0) is 22.6. The fourth-order valence-electron chi connectivity index (χ4n) is 5.98. The minimum atomic E-state index is 1.30. The molecule has 2 aliphatic carbocycles. The summed E-state index contributed by atoms with van der Waals surface area (Å²) in [5.74, 6) is 0. The van der Waals surface area contributed by atoms with Gasteiger partial charge in [0.25, 0.3) is 0 Å². The third-order valence-electron chi connectivity index (χ3n) is 7.58. The fourth-order valence-corrected chi connectivity index (χ4v) is 8.56. The lowest BCUT2D eigenvalue weighted by molar-refractivity contribution is 1.45. The van der Waals surface area contributed by atoms with E-state index in [9.17, 15) is 0 Å². The van der Waals surface area contributed by atoms with Gasteiger partial charge >= 0.3 is 0 Å². The lowest BCUT2D eigenvalue weighted by Gasteiger charge is -2.11. The van der Waals surface area contributed by atoms with Gasteiger partial charge in [-0.1, -0.05) is 84.9 Å². The first-order valence-corrected chi connectivity index (χ1v) is 13.3. The van der Waals surface area contributed by atoms with Crippen LogP contribution in [0.1, 0.15) is 10.4 Å². The number of aryl methyl sites for hydroxylation is 1. The van der Waals surface area contributed by atoms with Gasteiger partial charge in [-0.2, -0.15) is 0 Å². The molecule has 0 radical (unpaired) electrons. The van der Waals surface area contributed by atoms with Crippen LogP contribution in [0, 0.1) is 13.8 Å². The molecule has 0 N–H and O–H groups in total. The van der Waals surface area contributed by atoms with Gasteiger partial charge in [0.05, 0.1) is 0 Å². The zero-order valence-electron chi connectivity index (χ0n) is 18.9. The van der Waals surface area contributed by atoms with Gasteiger partial charge in [0.15, 0.2) is 0 Å². The van der Waals surface area contributed by atoms with Crippen molar-refractivity contribution < 1.29 is 0 Å². The monoisotopic (exact) mass is 468 g/mol. The van der Waals surface area contributed by atoms with Crippen LogP contribution >= 0.6 is 22.7 Å². The largest absolute Gasteiger partial charge is 0.140 e. The maximum absolute atomic E-state index is 2.39. The molecule has 0 aliphatic heterocycles. The molecule has 6 aromatic rings. The molecule has 0 fully saturated rings. The van der Waals surface area contributed by atoms with Crippen LogP contribution in [-0.4, -0.2) is 0 Å². The Bertz CT molecular complexity index is 1800. The average Bonchev–Trinajstić information content (AvgIpc) is 3.58. The molecule has 34 heavy (non-hydrogen) atoms. The highest BCUT2D eigenvalue weighted by Crippen LogP contribution is 2.63. The van der Waals surface area contributed by atoms with Crippen molar-refractivity contribution in [2.45, 2.75) is 13.8 Å². The van der Waals surface area contributed by atoms with Gasteiger partial charge < -0.3 is 0 Å². The Kier molecular flexibility index (Phi) is 3.65. The van der Waals surface area contributed by atoms with E-state index >= 15 is 0 Å². The van der Waals surface area contributed by atoms with Crippen molar-refractivity contribution in [1.29, 1.82) is 0 Å². The summed E-state index contributed by atoms with van der Waals surface area (Å²) in [5, 5.41) is 2.91. The Morgan fingerprint density at radius 3 is 1.62 bits per heavy atom. The molecule has 0 unspecified atom stereocenters. The van der Waals surface area contributed by atoms with Gasteiger partial charge in [-0.3, -0.25) is 0 Å². The topological polar surface area (TPSA) is 0 Å². The quantitative estimate of drug-likeness (QED) is 0.237. The molecule has 0 saturated carbocycles. The van der Waals surface area contributed by atoms with Crippen molar-refractivity contribution in [2.24, 2.45) is 0 Å². The first kappa shape index (κ1) is 18.9. The normalized spacial score (nSPS) is 12.4. The minimum absolute atomic E-state index is 1.30.